The molecule has 0 bridgehead atoms. The van der Waals surface area contributed by atoms with Crippen molar-refractivity contribution < 1.29 is 4.74 Å². The topological polar surface area (TPSA) is 47.0 Å². The summed E-state index contributed by atoms with van der Waals surface area (Å²) in [5.41, 5.74) is 0.868. The molecule has 1 N–H and O–H groups in total. The third kappa shape index (κ3) is 3.81. The quantitative estimate of drug-likeness (QED) is 0.785. The Labute approximate surface area is 124 Å². The molecule has 6 heteroatoms. The molecule has 0 saturated carbocycles. The van der Waals surface area contributed by atoms with Crippen LogP contribution in [0.5, 0.6) is 5.75 Å². The average molecular weight is 375 g/mol. The van der Waals surface area contributed by atoms with Crippen LogP contribution in [-0.4, -0.2) is 16.1 Å². The Morgan fingerprint density at radius 3 is 2.83 bits per heavy atom. The van der Waals surface area contributed by atoms with Crippen LogP contribution in [0.4, 0.5) is 5.00 Å². The molecule has 1 aromatic carbocycles. The van der Waals surface area contributed by atoms with Crippen molar-refractivity contribution in [3.63, 3.8) is 0 Å². The highest BCUT2D eigenvalue weighted by molar-refractivity contribution is 14.1. The molecular weight excluding hydrogens is 361 g/mol. The van der Waals surface area contributed by atoms with Crippen molar-refractivity contribution in [2.24, 2.45) is 0 Å². The monoisotopic (exact) mass is 375 g/mol. The predicted octanol–water partition coefficient (Wildman–Crippen LogP) is 3.54. The van der Waals surface area contributed by atoms with Gasteiger partial charge in [0.15, 0.2) is 0 Å². The molecule has 18 heavy (non-hydrogen) atoms. The Morgan fingerprint density at radius 2 is 2.11 bits per heavy atom. The fourth-order valence-corrected chi connectivity index (χ4v) is 2.31. The van der Waals surface area contributed by atoms with Crippen molar-refractivity contribution >= 4 is 39.1 Å². The lowest BCUT2D eigenvalue weighted by Gasteiger charge is -2.06. The van der Waals surface area contributed by atoms with Crippen molar-refractivity contribution in [1.82, 2.24) is 9.59 Å². The van der Waals surface area contributed by atoms with E-state index in [1.54, 1.807) is 0 Å². The molecular formula is C12H14IN3OS. The zero-order valence-electron chi connectivity index (χ0n) is 10.0. The van der Waals surface area contributed by atoms with Gasteiger partial charge in [0, 0.05) is 21.6 Å². The van der Waals surface area contributed by atoms with E-state index in [9.17, 15) is 0 Å². The normalized spacial score (nSPS) is 10.3. The van der Waals surface area contributed by atoms with Gasteiger partial charge in [0.1, 0.15) is 23.1 Å². The Kier molecular flexibility index (Phi) is 5.18. The minimum Gasteiger partial charge on any atom is -0.487 e. The highest BCUT2D eigenvalue weighted by Gasteiger charge is 2.07. The second-order valence-corrected chi connectivity index (χ2v) is 5.72. The van der Waals surface area contributed by atoms with Crippen molar-refractivity contribution in [2.75, 3.05) is 11.9 Å². The van der Waals surface area contributed by atoms with Gasteiger partial charge in [0.25, 0.3) is 0 Å². The van der Waals surface area contributed by atoms with E-state index in [0.717, 1.165) is 29.4 Å². The van der Waals surface area contributed by atoms with Crippen LogP contribution < -0.4 is 10.1 Å². The van der Waals surface area contributed by atoms with E-state index in [-0.39, 0.29) is 0 Å². The number of rotatable bonds is 6. The third-order valence-electron chi connectivity index (χ3n) is 2.28. The molecule has 2 rings (SSSR count). The summed E-state index contributed by atoms with van der Waals surface area (Å²) in [6.45, 7) is 3.51. The molecule has 0 fully saturated rings. The number of nitrogens with one attached hydrogen (secondary N) is 1. The molecule has 0 aliphatic rings. The van der Waals surface area contributed by atoms with Crippen molar-refractivity contribution in [1.29, 1.82) is 0 Å². The van der Waals surface area contributed by atoms with E-state index in [0.29, 0.717) is 6.61 Å². The minimum atomic E-state index is 0.448. The van der Waals surface area contributed by atoms with Crippen LogP contribution in [0, 0.1) is 3.57 Å². The Morgan fingerprint density at radius 1 is 1.33 bits per heavy atom. The molecule has 0 spiro atoms. The number of nitrogens with zero attached hydrogens (tertiary/aromatic N) is 2. The van der Waals surface area contributed by atoms with E-state index < -0.39 is 0 Å². The Bertz CT molecular complexity index is 486. The van der Waals surface area contributed by atoms with Gasteiger partial charge >= 0.3 is 0 Å². The predicted molar refractivity (Wildman–Crippen MR) is 82.2 cm³/mol. The lowest BCUT2D eigenvalue weighted by Crippen LogP contribution is -2.03. The molecule has 96 valence electrons. The number of hydrogen-bond acceptors (Lipinski definition) is 5. The molecule has 0 saturated heterocycles. The first-order valence-electron chi connectivity index (χ1n) is 5.73. The minimum absolute atomic E-state index is 0.448. The van der Waals surface area contributed by atoms with Gasteiger partial charge in [-0.1, -0.05) is 11.4 Å². The summed E-state index contributed by atoms with van der Waals surface area (Å²) in [5, 5.41) is 8.38. The highest BCUT2D eigenvalue weighted by Crippen LogP contribution is 2.20. The van der Waals surface area contributed by atoms with Gasteiger partial charge in [-0.3, -0.25) is 0 Å². The molecule has 0 unspecified atom stereocenters. The molecule has 1 aromatic heterocycles. The fourth-order valence-electron chi connectivity index (χ4n) is 1.36. The molecule has 0 atom stereocenters. The lowest BCUT2D eigenvalue weighted by atomic mass is 10.3. The van der Waals surface area contributed by atoms with E-state index >= 15 is 0 Å². The van der Waals surface area contributed by atoms with Crippen molar-refractivity contribution in [3.8, 4) is 5.75 Å². The number of halogens is 1. The standard InChI is InChI=1S/C12H14IN3OS/c1-2-7-14-12-11(15-16-18-12)8-17-10-5-3-9(13)4-6-10/h3-6,14H,2,7-8H2,1H3. The summed E-state index contributed by atoms with van der Waals surface area (Å²) in [4.78, 5) is 0. The summed E-state index contributed by atoms with van der Waals surface area (Å²) in [5.74, 6) is 0.852. The van der Waals surface area contributed by atoms with Crippen molar-refractivity contribution in [3.05, 3.63) is 33.5 Å². The van der Waals surface area contributed by atoms with E-state index in [2.05, 4.69) is 44.4 Å². The van der Waals surface area contributed by atoms with Gasteiger partial charge in [-0.2, -0.15) is 0 Å². The SMILES string of the molecule is CCCNc1snnc1COc1ccc(I)cc1. The summed E-state index contributed by atoms with van der Waals surface area (Å²) >= 11 is 3.64. The fraction of sp³-hybridized carbons (Fsp3) is 0.333. The second kappa shape index (κ2) is 6.89. The molecule has 0 radical (unpaired) electrons. The van der Waals surface area contributed by atoms with E-state index in [1.165, 1.54) is 15.1 Å². The van der Waals surface area contributed by atoms with Gasteiger partial charge in [-0.05, 0) is 53.3 Å². The first-order valence-corrected chi connectivity index (χ1v) is 7.58. The Hall–Kier alpha value is -0.890. The van der Waals surface area contributed by atoms with Gasteiger partial charge in [-0.15, -0.1) is 5.10 Å². The van der Waals surface area contributed by atoms with E-state index in [4.69, 9.17) is 4.74 Å². The smallest absolute Gasteiger partial charge is 0.136 e. The van der Waals surface area contributed by atoms with Crippen molar-refractivity contribution in [2.45, 2.75) is 20.0 Å². The van der Waals surface area contributed by atoms with Crippen LogP contribution in [0.1, 0.15) is 19.0 Å². The van der Waals surface area contributed by atoms with Gasteiger partial charge in [-0.25, -0.2) is 0 Å². The first kappa shape index (κ1) is 13.5. The maximum atomic E-state index is 5.69. The maximum Gasteiger partial charge on any atom is 0.136 e. The summed E-state index contributed by atoms with van der Waals surface area (Å²) in [7, 11) is 0. The van der Waals surface area contributed by atoms with E-state index in [1.807, 2.05) is 24.3 Å². The summed E-state index contributed by atoms with van der Waals surface area (Å²) in [6.07, 6.45) is 1.08. The van der Waals surface area contributed by atoms with Gasteiger partial charge in [0.2, 0.25) is 0 Å². The zero-order valence-corrected chi connectivity index (χ0v) is 13.0. The second-order valence-electron chi connectivity index (χ2n) is 3.72. The number of aromatic nitrogens is 2. The largest absolute Gasteiger partial charge is 0.487 e. The molecule has 2 aromatic rings. The van der Waals surface area contributed by atoms with Crippen LogP contribution in [-0.2, 0) is 6.61 Å². The molecule has 0 aliphatic carbocycles. The average Bonchev–Trinajstić information content (AvgIpc) is 2.83. The van der Waals surface area contributed by atoms with Gasteiger partial charge in [0.05, 0.1) is 0 Å². The van der Waals surface area contributed by atoms with Crippen LogP contribution >= 0.6 is 34.1 Å². The van der Waals surface area contributed by atoms with Crippen LogP contribution in [0.25, 0.3) is 0 Å². The first-order chi connectivity index (χ1) is 8.79. The zero-order chi connectivity index (χ0) is 12.8. The van der Waals surface area contributed by atoms with Gasteiger partial charge < -0.3 is 10.1 Å². The number of benzene rings is 1. The third-order valence-corrected chi connectivity index (χ3v) is 3.73. The Balaban J connectivity index is 1.93. The van der Waals surface area contributed by atoms with Crippen LogP contribution in [0.3, 0.4) is 0 Å². The molecule has 0 aliphatic heterocycles. The van der Waals surface area contributed by atoms with Crippen LogP contribution in [0.2, 0.25) is 0 Å². The molecule has 0 amide bonds. The number of hydrogen-bond donors (Lipinski definition) is 1. The lowest BCUT2D eigenvalue weighted by molar-refractivity contribution is 0.301. The number of ether oxygens (including phenoxy) is 1. The van der Waals surface area contributed by atoms with Crippen LogP contribution in [0.15, 0.2) is 24.3 Å². The molecule has 1 heterocycles. The summed E-state index contributed by atoms with van der Waals surface area (Å²) < 4.78 is 10.8. The number of anilines is 1. The maximum absolute atomic E-state index is 5.69. The molecule has 4 nitrogen and oxygen atoms in total. The highest BCUT2D eigenvalue weighted by atomic mass is 127. The summed E-state index contributed by atoms with van der Waals surface area (Å²) in [6, 6.07) is 7.96.